The summed E-state index contributed by atoms with van der Waals surface area (Å²) in [5.74, 6) is 0.230. The van der Waals surface area contributed by atoms with Gasteiger partial charge in [-0.25, -0.2) is 14.6 Å². The van der Waals surface area contributed by atoms with E-state index in [2.05, 4.69) is 27.2 Å². The topological polar surface area (TPSA) is 123 Å². The van der Waals surface area contributed by atoms with Gasteiger partial charge in [-0.15, -0.1) is 0 Å². The second-order valence-electron chi connectivity index (χ2n) is 6.66. The molecule has 3 aromatic rings. The number of nitrogens with zero attached hydrogens (tertiary/aromatic N) is 4. The van der Waals surface area contributed by atoms with E-state index in [-0.39, 0.29) is 30.2 Å². The Morgan fingerprint density at radius 1 is 1.54 bits per heavy atom. The van der Waals surface area contributed by atoms with Crippen molar-refractivity contribution in [3.05, 3.63) is 28.9 Å². The molecule has 26 heavy (non-hydrogen) atoms. The van der Waals surface area contributed by atoms with Gasteiger partial charge in [-0.3, -0.25) is 4.57 Å². The number of hydrogen-bond donors (Lipinski definition) is 3. The SMILES string of the molecule is C[C@@H]1CCN(C(=O)NCC#N)C[C@@H]1n1c(=O)[nH]c2cnc3[nH]ccc3c21. The van der Waals surface area contributed by atoms with Crippen molar-refractivity contribution in [3.63, 3.8) is 0 Å². The Bertz CT molecular complexity index is 1070. The molecular formula is C17H19N7O2. The van der Waals surface area contributed by atoms with Gasteiger partial charge in [-0.05, 0) is 18.4 Å². The molecule has 9 heteroatoms. The first kappa shape index (κ1) is 16.2. The fraction of sp³-hybridized carbons (Fsp3) is 0.412. The first-order valence-electron chi connectivity index (χ1n) is 8.56. The van der Waals surface area contributed by atoms with Gasteiger partial charge in [0.15, 0.2) is 0 Å². The van der Waals surface area contributed by atoms with Crippen LogP contribution < -0.4 is 11.0 Å². The average Bonchev–Trinajstić information content (AvgIpc) is 3.23. The third-order valence-corrected chi connectivity index (χ3v) is 5.12. The number of imidazole rings is 1. The summed E-state index contributed by atoms with van der Waals surface area (Å²) in [6.45, 7) is 3.08. The van der Waals surface area contributed by atoms with E-state index >= 15 is 0 Å². The monoisotopic (exact) mass is 353 g/mol. The maximum atomic E-state index is 12.7. The normalized spacial score (nSPS) is 20.4. The van der Waals surface area contributed by atoms with Gasteiger partial charge in [-0.1, -0.05) is 6.92 Å². The van der Waals surface area contributed by atoms with Crippen molar-refractivity contribution >= 4 is 28.1 Å². The lowest BCUT2D eigenvalue weighted by Crippen LogP contribution is -2.49. The predicted octanol–water partition coefficient (Wildman–Crippen LogP) is 1.32. The summed E-state index contributed by atoms with van der Waals surface area (Å²) in [6, 6.07) is 3.38. The second kappa shape index (κ2) is 6.22. The Hall–Kier alpha value is -3.28. The molecule has 2 atom stereocenters. The van der Waals surface area contributed by atoms with E-state index in [1.807, 2.05) is 12.1 Å². The van der Waals surface area contributed by atoms with Crippen LogP contribution in [0.1, 0.15) is 19.4 Å². The standard InChI is InChI=1S/C17H19N7O2/c1-10-3-7-23(16(25)20-6-4-18)9-13(10)24-14-11-2-5-19-15(11)21-8-12(14)22-17(24)26/h2,5,8,10,13H,3,6-7,9H2,1H3,(H,19,21)(H,20,25)(H,22,26)/t10-,13+/m1/s1. The van der Waals surface area contributed by atoms with E-state index in [0.29, 0.717) is 18.6 Å². The van der Waals surface area contributed by atoms with Gasteiger partial charge in [0.2, 0.25) is 0 Å². The number of likely N-dealkylation sites (tertiary alicyclic amines) is 1. The van der Waals surface area contributed by atoms with E-state index in [0.717, 1.165) is 23.0 Å². The number of nitrogens with one attached hydrogen (secondary N) is 3. The van der Waals surface area contributed by atoms with Crippen LogP contribution >= 0.6 is 0 Å². The molecule has 9 nitrogen and oxygen atoms in total. The molecule has 0 bridgehead atoms. The molecule has 0 unspecified atom stereocenters. The molecule has 1 fully saturated rings. The van der Waals surface area contributed by atoms with Crippen LogP contribution in [0.4, 0.5) is 4.79 Å². The number of piperidine rings is 1. The molecule has 1 saturated heterocycles. The van der Waals surface area contributed by atoms with Crippen molar-refractivity contribution in [1.29, 1.82) is 5.26 Å². The summed E-state index contributed by atoms with van der Waals surface area (Å²) in [7, 11) is 0. The van der Waals surface area contributed by atoms with Crippen LogP contribution in [0.15, 0.2) is 23.3 Å². The first-order chi connectivity index (χ1) is 12.6. The average molecular weight is 353 g/mol. The summed E-state index contributed by atoms with van der Waals surface area (Å²) in [4.78, 5) is 36.9. The molecule has 4 rings (SSSR count). The zero-order valence-electron chi connectivity index (χ0n) is 14.3. The fourth-order valence-electron chi connectivity index (χ4n) is 3.73. The molecule has 0 saturated carbocycles. The summed E-state index contributed by atoms with van der Waals surface area (Å²) in [6.07, 6.45) is 4.23. The van der Waals surface area contributed by atoms with Crippen LogP contribution in [-0.2, 0) is 0 Å². The van der Waals surface area contributed by atoms with Gasteiger partial charge in [-0.2, -0.15) is 5.26 Å². The minimum absolute atomic E-state index is 0.0295. The van der Waals surface area contributed by atoms with Crippen molar-refractivity contribution in [2.24, 2.45) is 5.92 Å². The maximum absolute atomic E-state index is 12.7. The Balaban J connectivity index is 1.77. The zero-order valence-corrected chi connectivity index (χ0v) is 14.3. The quantitative estimate of drug-likeness (QED) is 0.601. The summed E-state index contributed by atoms with van der Waals surface area (Å²) >= 11 is 0. The molecule has 1 aliphatic rings. The highest BCUT2D eigenvalue weighted by Crippen LogP contribution is 2.31. The van der Waals surface area contributed by atoms with Crippen LogP contribution in [-0.4, -0.2) is 50.1 Å². The van der Waals surface area contributed by atoms with Crippen LogP contribution in [0.3, 0.4) is 0 Å². The molecule has 3 N–H and O–H groups in total. The lowest BCUT2D eigenvalue weighted by atomic mass is 9.93. The molecule has 4 heterocycles. The van der Waals surface area contributed by atoms with Gasteiger partial charge < -0.3 is 20.2 Å². The zero-order chi connectivity index (χ0) is 18.3. The smallest absolute Gasteiger partial charge is 0.326 e. The van der Waals surface area contributed by atoms with Crippen molar-refractivity contribution in [2.75, 3.05) is 19.6 Å². The molecular weight excluding hydrogens is 334 g/mol. The van der Waals surface area contributed by atoms with Crippen LogP contribution in [0.25, 0.3) is 22.1 Å². The van der Waals surface area contributed by atoms with E-state index < -0.39 is 0 Å². The second-order valence-corrected chi connectivity index (χ2v) is 6.66. The highest BCUT2D eigenvalue weighted by atomic mass is 16.2. The molecule has 0 aromatic carbocycles. The Morgan fingerprint density at radius 2 is 2.38 bits per heavy atom. The summed E-state index contributed by atoms with van der Waals surface area (Å²) < 4.78 is 1.75. The number of pyridine rings is 1. The molecule has 1 aliphatic heterocycles. The molecule has 3 aromatic heterocycles. The first-order valence-corrected chi connectivity index (χ1v) is 8.56. The van der Waals surface area contributed by atoms with Crippen molar-refractivity contribution in [1.82, 2.24) is 29.7 Å². The molecule has 0 spiro atoms. The van der Waals surface area contributed by atoms with Gasteiger partial charge in [0, 0.05) is 24.7 Å². The highest BCUT2D eigenvalue weighted by molar-refractivity contribution is 6.00. The maximum Gasteiger partial charge on any atom is 0.326 e. The number of nitriles is 1. The Morgan fingerprint density at radius 3 is 3.19 bits per heavy atom. The number of rotatable bonds is 2. The van der Waals surface area contributed by atoms with E-state index in [9.17, 15) is 9.59 Å². The molecule has 2 amide bonds. The minimum Gasteiger partial charge on any atom is -0.346 e. The Labute approximate surface area is 148 Å². The van der Waals surface area contributed by atoms with Gasteiger partial charge >= 0.3 is 11.7 Å². The van der Waals surface area contributed by atoms with Crippen molar-refractivity contribution in [3.8, 4) is 6.07 Å². The number of aromatic nitrogens is 4. The van der Waals surface area contributed by atoms with Crippen molar-refractivity contribution < 1.29 is 4.79 Å². The number of fused-ring (bicyclic) bond motifs is 3. The molecule has 0 radical (unpaired) electrons. The van der Waals surface area contributed by atoms with Crippen LogP contribution in [0, 0.1) is 17.2 Å². The van der Waals surface area contributed by atoms with Crippen molar-refractivity contribution in [2.45, 2.75) is 19.4 Å². The lowest BCUT2D eigenvalue weighted by Gasteiger charge is -2.37. The third kappa shape index (κ3) is 2.50. The number of amides is 2. The number of H-pyrrole nitrogens is 2. The van der Waals surface area contributed by atoms with Crippen LogP contribution in [0.5, 0.6) is 0 Å². The molecule has 134 valence electrons. The lowest BCUT2D eigenvalue weighted by molar-refractivity contribution is 0.141. The Kier molecular flexibility index (Phi) is 3.88. The fourth-order valence-corrected chi connectivity index (χ4v) is 3.73. The van der Waals surface area contributed by atoms with E-state index in [1.165, 1.54) is 0 Å². The largest absolute Gasteiger partial charge is 0.346 e. The van der Waals surface area contributed by atoms with Gasteiger partial charge in [0.25, 0.3) is 0 Å². The van der Waals surface area contributed by atoms with E-state index in [4.69, 9.17) is 5.26 Å². The predicted molar refractivity (Wildman–Crippen MR) is 95.6 cm³/mol. The summed E-state index contributed by atoms with van der Waals surface area (Å²) in [5.41, 5.74) is 2.00. The highest BCUT2D eigenvalue weighted by Gasteiger charge is 2.32. The number of carbonyl (C=O) groups excluding carboxylic acids is 1. The third-order valence-electron chi connectivity index (χ3n) is 5.12. The van der Waals surface area contributed by atoms with Gasteiger partial charge in [0.1, 0.15) is 12.2 Å². The number of carbonyl (C=O) groups is 1. The van der Waals surface area contributed by atoms with Gasteiger partial charge in [0.05, 0.1) is 29.3 Å². The van der Waals surface area contributed by atoms with E-state index in [1.54, 1.807) is 21.9 Å². The number of aromatic amines is 2. The molecule has 0 aliphatic carbocycles. The summed E-state index contributed by atoms with van der Waals surface area (Å²) in [5, 5.41) is 12.1. The van der Waals surface area contributed by atoms with Crippen LogP contribution in [0.2, 0.25) is 0 Å². The number of urea groups is 1. The minimum atomic E-state index is -0.273. The number of hydrogen-bond acceptors (Lipinski definition) is 4.